The molecule has 1 nitrogen and oxygen atoms in total. The van der Waals surface area contributed by atoms with Crippen molar-refractivity contribution in [1.29, 1.82) is 0 Å². The van der Waals surface area contributed by atoms with Gasteiger partial charge in [0.05, 0.1) is 6.10 Å². The predicted molar refractivity (Wildman–Crippen MR) is 128 cm³/mol. The van der Waals surface area contributed by atoms with E-state index in [-0.39, 0.29) is 11.5 Å². The molecule has 0 unspecified atom stereocenters. The van der Waals surface area contributed by atoms with Gasteiger partial charge < -0.3 is 5.11 Å². The van der Waals surface area contributed by atoms with Gasteiger partial charge in [-0.25, -0.2) is 0 Å². The first kappa shape index (κ1) is 22.9. The zero-order valence-electron chi connectivity index (χ0n) is 21.2. The third-order valence-electron chi connectivity index (χ3n) is 10.8. The van der Waals surface area contributed by atoms with E-state index >= 15 is 0 Å². The second-order valence-corrected chi connectivity index (χ2v) is 13.6. The summed E-state index contributed by atoms with van der Waals surface area (Å²) in [7, 11) is 0. The van der Waals surface area contributed by atoms with Gasteiger partial charge in [-0.1, -0.05) is 78.9 Å². The summed E-state index contributed by atoms with van der Waals surface area (Å²) in [6.07, 6.45) is 14.7. The molecule has 0 radical (unpaired) electrons. The van der Waals surface area contributed by atoms with Crippen LogP contribution in [0.1, 0.15) is 119 Å². The Bertz CT molecular complexity index is 672. The quantitative estimate of drug-likeness (QED) is 0.450. The van der Waals surface area contributed by atoms with Gasteiger partial charge in [-0.05, 0) is 97.2 Å². The Morgan fingerprint density at radius 2 is 1.70 bits per heavy atom. The molecule has 4 rings (SSSR count). The molecule has 0 amide bonds. The number of allylic oxidation sites excluding steroid dienone is 2. The van der Waals surface area contributed by atoms with Crippen LogP contribution >= 0.6 is 0 Å². The molecule has 4 aliphatic carbocycles. The molecule has 3 fully saturated rings. The minimum atomic E-state index is -0.110. The third kappa shape index (κ3) is 3.64. The second-order valence-electron chi connectivity index (χ2n) is 13.6. The van der Waals surface area contributed by atoms with Crippen LogP contribution in [0.4, 0.5) is 0 Å². The van der Waals surface area contributed by atoms with E-state index in [1.54, 1.807) is 0 Å². The molecule has 30 heavy (non-hydrogen) atoms. The fourth-order valence-electron chi connectivity index (χ4n) is 9.12. The van der Waals surface area contributed by atoms with Crippen molar-refractivity contribution in [2.24, 2.45) is 45.8 Å². The monoisotopic (exact) mass is 414 g/mol. The number of hydrogen-bond donors (Lipinski definition) is 1. The standard InChI is InChI=1S/C29H50O/c1-19(2)9-8-10-20(3)23-13-14-24-22-12-11-21-17-26(30)27(4,5)18-29(21,7)25(22)15-16-28(23,24)6/h19-21,23,25-26,30H,8-18H2,1-7H3/t20-,21+,23-,25+,26-,28-,29+/m1/s1. The van der Waals surface area contributed by atoms with Crippen LogP contribution < -0.4 is 0 Å². The summed E-state index contributed by atoms with van der Waals surface area (Å²) in [5, 5.41) is 10.8. The fourth-order valence-corrected chi connectivity index (χ4v) is 9.12. The number of fused-ring (bicyclic) bond motifs is 4. The maximum Gasteiger partial charge on any atom is 0.0594 e. The average Bonchev–Trinajstić information content (AvgIpc) is 2.99. The van der Waals surface area contributed by atoms with Gasteiger partial charge in [0, 0.05) is 0 Å². The molecule has 0 spiro atoms. The summed E-state index contributed by atoms with van der Waals surface area (Å²) in [6, 6.07) is 0. The first-order chi connectivity index (χ1) is 14.0. The Morgan fingerprint density at radius 3 is 2.40 bits per heavy atom. The summed E-state index contributed by atoms with van der Waals surface area (Å²) in [5.74, 6) is 4.15. The lowest BCUT2D eigenvalue weighted by atomic mass is 9.45. The van der Waals surface area contributed by atoms with Crippen LogP contribution in [0.25, 0.3) is 0 Å². The topological polar surface area (TPSA) is 20.2 Å². The van der Waals surface area contributed by atoms with Crippen molar-refractivity contribution in [3.63, 3.8) is 0 Å². The number of hydrogen-bond acceptors (Lipinski definition) is 1. The summed E-state index contributed by atoms with van der Waals surface area (Å²) >= 11 is 0. The first-order valence-electron chi connectivity index (χ1n) is 13.4. The minimum absolute atomic E-state index is 0.0717. The van der Waals surface area contributed by atoms with E-state index in [9.17, 15) is 5.11 Å². The van der Waals surface area contributed by atoms with Gasteiger partial charge in [0.1, 0.15) is 0 Å². The van der Waals surface area contributed by atoms with Gasteiger partial charge in [-0.3, -0.25) is 0 Å². The zero-order chi connectivity index (χ0) is 21.9. The van der Waals surface area contributed by atoms with Gasteiger partial charge in [-0.15, -0.1) is 0 Å². The van der Waals surface area contributed by atoms with Crippen molar-refractivity contribution in [2.75, 3.05) is 0 Å². The molecule has 4 aliphatic rings. The molecule has 1 heteroatoms. The van der Waals surface area contributed by atoms with Crippen molar-refractivity contribution in [1.82, 2.24) is 0 Å². The van der Waals surface area contributed by atoms with Gasteiger partial charge in [-0.2, -0.15) is 0 Å². The Labute approximate surface area is 187 Å². The van der Waals surface area contributed by atoms with E-state index in [1.165, 1.54) is 64.2 Å². The fraction of sp³-hybridized carbons (Fsp3) is 0.931. The minimum Gasteiger partial charge on any atom is -0.393 e. The number of rotatable bonds is 5. The normalized spacial score (nSPS) is 43.9. The Balaban J connectivity index is 1.57. The van der Waals surface area contributed by atoms with Gasteiger partial charge in [0.15, 0.2) is 0 Å². The van der Waals surface area contributed by atoms with Crippen molar-refractivity contribution >= 4 is 0 Å². The SMILES string of the molecule is CC(C)CCC[C@@H](C)[C@H]1CCC2=C3CC[C@H]4C[C@@H](O)C(C)(C)C[C@]4(C)[C@H]3CC[C@@]21C. The molecule has 0 aromatic heterocycles. The molecule has 1 N–H and O–H groups in total. The van der Waals surface area contributed by atoms with Crippen LogP contribution in [0.15, 0.2) is 11.1 Å². The second kappa shape index (κ2) is 7.93. The third-order valence-corrected chi connectivity index (χ3v) is 10.8. The van der Waals surface area contributed by atoms with E-state index < -0.39 is 0 Å². The maximum atomic E-state index is 10.8. The van der Waals surface area contributed by atoms with Crippen molar-refractivity contribution in [3.05, 3.63) is 11.1 Å². The highest BCUT2D eigenvalue weighted by molar-refractivity contribution is 5.35. The van der Waals surface area contributed by atoms with E-state index in [0.717, 1.165) is 36.0 Å². The summed E-state index contributed by atoms with van der Waals surface area (Å²) in [4.78, 5) is 0. The van der Waals surface area contributed by atoms with E-state index in [4.69, 9.17) is 0 Å². The lowest BCUT2D eigenvalue weighted by Crippen LogP contribution is -2.53. The molecule has 0 aromatic carbocycles. The largest absolute Gasteiger partial charge is 0.393 e. The predicted octanol–water partition coefficient (Wildman–Crippen LogP) is 8.17. The van der Waals surface area contributed by atoms with Gasteiger partial charge in [0.25, 0.3) is 0 Å². The lowest BCUT2D eigenvalue weighted by molar-refractivity contribution is -0.107. The van der Waals surface area contributed by atoms with Gasteiger partial charge in [0.2, 0.25) is 0 Å². The number of aliphatic hydroxyl groups is 1. The molecular formula is C29H50O. The van der Waals surface area contributed by atoms with E-state index in [2.05, 4.69) is 48.5 Å². The number of aliphatic hydroxyl groups excluding tert-OH is 1. The average molecular weight is 415 g/mol. The smallest absolute Gasteiger partial charge is 0.0594 e. The van der Waals surface area contributed by atoms with Crippen molar-refractivity contribution in [2.45, 2.75) is 125 Å². The van der Waals surface area contributed by atoms with Crippen molar-refractivity contribution in [3.8, 4) is 0 Å². The first-order valence-corrected chi connectivity index (χ1v) is 13.4. The van der Waals surface area contributed by atoms with Crippen LogP contribution in [-0.2, 0) is 0 Å². The van der Waals surface area contributed by atoms with Crippen LogP contribution in [0.3, 0.4) is 0 Å². The summed E-state index contributed by atoms with van der Waals surface area (Å²) in [6.45, 7) is 17.2. The molecule has 7 atom stereocenters. The van der Waals surface area contributed by atoms with Crippen LogP contribution in [0, 0.1) is 45.8 Å². The van der Waals surface area contributed by atoms with Gasteiger partial charge >= 0.3 is 0 Å². The molecule has 0 bridgehead atoms. The highest BCUT2D eigenvalue weighted by atomic mass is 16.3. The maximum absolute atomic E-state index is 10.8. The molecule has 0 aliphatic heterocycles. The molecule has 172 valence electrons. The lowest BCUT2D eigenvalue weighted by Gasteiger charge is -2.60. The molecule has 0 saturated heterocycles. The molecular weight excluding hydrogens is 364 g/mol. The highest BCUT2D eigenvalue weighted by Gasteiger charge is 2.58. The van der Waals surface area contributed by atoms with Crippen LogP contribution in [-0.4, -0.2) is 11.2 Å². The Kier molecular flexibility index (Phi) is 6.05. The Hall–Kier alpha value is -0.300. The molecule has 0 aromatic rings. The summed E-state index contributed by atoms with van der Waals surface area (Å²) < 4.78 is 0. The zero-order valence-corrected chi connectivity index (χ0v) is 21.2. The van der Waals surface area contributed by atoms with Crippen molar-refractivity contribution < 1.29 is 5.11 Å². The van der Waals surface area contributed by atoms with E-state index in [0.29, 0.717) is 10.8 Å². The van der Waals surface area contributed by atoms with Crippen LogP contribution in [0.2, 0.25) is 0 Å². The molecule has 3 saturated carbocycles. The highest BCUT2D eigenvalue weighted by Crippen LogP contribution is 2.67. The van der Waals surface area contributed by atoms with Crippen LogP contribution in [0.5, 0.6) is 0 Å². The summed E-state index contributed by atoms with van der Waals surface area (Å²) in [5.41, 5.74) is 4.79. The molecule has 0 heterocycles. The van der Waals surface area contributed by atoms with E-state index in [1.807, 2.05) is 11.1 Å². The Morgan fingerprint density at radius 1 is 0.967 bits per heavy atom.